The summed E-state index contributed by atoms with van der Waals surface area (Å²) in [5, 5.41) is 7.65. The molecule has 3 rings (SSSR count). The van der Waals surface area contributed by atoms with Gasteiger partial charge in [0.05, 0.1) is 16.1 Å². The monoisotopic (exact) mass is 451 g/mol. The predicted molar refractivity (Wildman–Crippen MR) is 124 cm³/mol. The van der Waals surface area contributed by atoms with Crippen LogP contribution in [0.5, 0.6) is 0 Å². The van der Waals surface area contributed by atoms with E-state index >= 15 is 0 Å². The van der Waals surface area contributed by atoms with Crippen LogP contribution < -0.4 is 10.6 Å². The third kappa shape index (κ3) is 4.83. The Hall–Kier alpha value is -1.68. The van der Waals surface area contributed by atoms with Gasteiger partial charge in [0, 0.05) is 21.7 Å². The third-order valence-corrected chi connectivity index (χ3v) is 9.38. The summed E-state index contributed by atoms with van der Waals surface area (Å²) in [4.78, 5) is 30.2. The highest BCUT2D eigenvalue weighted by molar-refractivity contribution is 8.29. The molecule has 0 fully saturated rings. The molecule has 0 aliphatic carbocycles. The van der Waals surface area contributed by atoms with Crippen LogP contribution in [0, 0.1) is 6.92 Å². The van der Waals surface area contributed by atoms with Gasteiger partial charge in [0.25, 0.3) is 11.8 Å². The van der Waals surface area contributed by atoms with Crippen LogP contribution in [0.2, 0.25) is 0 Å². The molecule has 1 aromatic carbocycles. The number of nitrogens with zero attached hydrogens (tertiary/aromatic N) is 1. The minimum Gasteiger partial charge on any atom is -0.350 e. The highest BCUT2D eigenvalue weighted by atomic mass is 32.8. The van der Waals surface area contributed by atoms with Crippen LogP contribution in [-0.4, -0.2) is 34.3 Å². The van der Waals surface area contributed by atoms with E-state index in [1.165, 1.54) is 22.7 Å². The second kappa shape index (κ2) is 8.36. The Balaban J connectivity index is 1.72. The molecule has 0 aliphatic heterocycles. The predicted octanol–water partition coefficient (Wildman–Crippen LogP) is 4.14. The van der Waals surface area contributed by atoms with Gasteiger partial charge in [-0.25, -0.2) is 4.98 Å². The summed E-state index contributed by atoms with van der Waals surface area (Å²) in [7, 11) is -0.209. The molecular weight excluding hydrogens is 430 g/mol. The Kier molecular flexibility index (Phi) is 6.28. The van der Waals surface area contributed by atoms with Gasteiger partial charge in [0.1, 0.15) is 4.88 Å². The Morgan fingerprint density at radius 2 is 1.93 bits per heavy atom. The van der Waals surface area contributed by atoms with Crippen molar-refractivity contribution in [3.8, 4) is 0 Å². The smallest absolute Gasteiger partial charge is 0.267 e. The second-order valence-electron chi connectivity index (χ2n) is 6.96. The summed E-state index contributed by atoms with van der Waals surface area (Å²) in [6, 6.07) is 7.50. The van der Waals surface area contributed by atoms with Crippen molar-refractivity contribution in [1.29, 1.82) is 0 Å². The number of thiazole rings is 1. The van der Waals surface area contributed by atoms with Crippen molar-refractivity contribution in [3.63, 3.8) is 0 Å². The quantitative estimate of drug-likeness (QED) is 0.591. The Morgan fingerprint density at radius 1 is 1.18 bits per heavy atom. The molecule has 2 heterocycles. The van der Waals surface area contributed by atoms with E-state index in [1.54, 1.807) is 6.20 Å². The third-order valence-electron chi connectivity index (χ3n) is 4.30. The van der Waals surface area contributed by atoms with E-state index in [0.717, 1.165) is 15.1 Å². The maximum atomic E-state index is 12.5. The lowest BCUT2D eigenvalue weighted by Crippen LogP contribution is -2.40. The number of carbonyl (C=O) groups is 2. The number of fused-ring (bicyclic) bond motifs is 1. The van der Waals surface area contributed by atoms with Gasteiger partial charge in [-0.1, -0.05) is 11.2 Å². The van der Waals surface area contributed by atoms with Gasteiger partial charge < -0.3 is 10.6 Å². The van der Waals surface area contributed by atoms with E-state index in [-0.39, 0.29) is 26.0 Å². The first-order valence-electron chi connectivity index (χ1n) is 8.55. The van der Waals surface area contributed by atoms with Gasteiger partial charge in [-0.3, -0.25) is 9.59 Å². The normalized spacial score (nSPS) is 12.7. The molecule has 9 heteroatoms. The van der Waals surface area contributed by atoms with E-state index < -0.39 is 0 Å². The number of amides is 2. The fraction of sp³-hybridized carbons (Fsp3) is 0.316. The topological polar surface area (TPSA) is 71.1 Å². The zero-order chi connectivity index (χ0) is 20.5. The number of hydrogen-bond acceptors (Lipinski definition) is 6. The van der Waals surface area contributed by atoms with E-state index in [4.69, 9.17) is 11.2 Å². The van der Waals surface area contributed by atoms with Crippen molar-refractivity contribution in [3.05, 3.63) is 45.2 Å². The number of anilines is 1. The average molecular weight is 452 g/mol. The fourth-order valence-corrected chi connectivity index (χ4v) is 4.46. The number of hydrogen-bond donors (Lipinski definition) is 2. The van der Waals surface area contributed by atoms with Crippen LogP contribution in [0.15, 0.2) is 30.5 Å². The summed E-state index contributed by atoms with van der Waals surface area (Å²) in [5.41, 5.74) is 0.690. The zero-order valence-corrected chi connectivity index (χ0v) is 19.3. The summed E-state index contributed by atoms with van der Waals surface area (Å²) < 4.78 is 0.878. The molecule has 0 spiro atoms. The molecule has 1 unspecified atom stereocenters. The highest BCUT2D eigenvalue weighted by Gasteiger charge is 2.21. The molecule has 2 N–H and O–H groups in total. The molecule has 2 aromatic heterocycles. The summed E-state index contributed by atoms with van der Waals surface area (Å²) in [6.07, 6.45) is 3.58. The molecule has 0 saturated heterocycles. The van der Waals surface area contributed by atoms with Crippen molar-refractivity contribution in [2.75, 3.05) is 18.1 Å². The summed E-state index contributed by atoms with van der Waals surface area (Å²) in [6.45, 7) is 6.53. The lowest BCUT2D eigenvalue weighted by molar-refractivity contribution is 0.0954. The first-order chi connectivity index (χ1) is 13.2. The number of benzene rings is 1. The highest BCUT2D eigenvalue weighted by Crippen LogP contribution is 2.28. The Morgan fingerprint density at radius 3 is 2.57 bits per heavy atom. The van der Waals surface area contributed by atoms with Crippen LogP contribution in [0.25, 0.3) is 10.1 Å². The van der Waals surface area contributed by atoms with E-state index in [1.807, 2.05) is 37.4 Å². The number of carbonyl (C=O) groups excluding carboxylic acids is 2. The summed E-state index contributed by atoms with van der Waals surface area (Å²) >= 11 is 8.15. The van der Waals surface area contributed by atoms with Gasteiger partial charge in [0.15, 0.2) is 0 Å². The largest absolute Gasteiger partial charge is 0.350 e. The first-order valence-corrected chi connectivity index (χ1v) is 12.7. The van der Waals surface area contributed by atoms with Gasteiger partial charge >= 0.3 is 0 Å². The van der Waals surface area contributed by atoms with E-state index in [2.05, 4.69) is 29.5 Å². The van der Waals surface area contributed by atoms with E-state index in [9.17, 15) is 9.59 Å². The molecule has 0 aliphatic rings. The molecule has 3 aromatic rings. The molecule has 28 heavy (non-hydrogen) atoms. The van der Waals surface area contributed by atoms with Crippen LogP contribution >= 0.6 is 22.7 Å². The standard InChI is InChI=1S/C19H21N3O2S4/c1-11-20-9-16(26-11)18(24)22-13-5-6-14-12(7-13)8-15(27-14)17(23)21-10-19(2,3)28(4)25/h5-9H,10H2,1-4H3,(H,21,23)(H,22,24). The average Bonchev–Trinajstić information content (AvgIpc) is 3.25. The molecule has 5 nitrogen and oxygen atoms in total. The van der Waals surface area contributed by atoms with Crippen molar-refractivity contribution in [2.24, 2.45) is 0 Å². The van der Waals surface area contributed by atoms with E-state index in [0.29, 0.717) is 22.0 Å². The van der Waals surface area contributed by atoms with Crippen LogP contribution in [-0.2, 0) is 20.6 Å². The fourth-order valence-electron chi connectivity index (χ4n) is 2.37. The maximum absolute atomic E-state index is 12.5. The first kappa shape index (κ1) is 21.0. The van der Waals surface area contributed by atoms with Crippen molar-refractivity contribution in [1.82, 2.24) is 10.3 Å². The van der Waals surface area contributed by atoms with Gasteiger partial charge in [-0.15, -0.1) is 32.1 Å². The van der Waals surface area contributed by atoms with Crippen LogP contribution in [0.3, 0.4) is 0 Å². The van der Waals surface area contributed by atoms with Crippen molar-refractivity contribution < 1.29 is 9.59 Å². The van der Waals surface area contributed by atoms with Crippen molar-refractivity contribution >= 4 is 70.9 Å². The number of nitrogens with one attached hydrogen (secondary N) is 2. The lowest BCUT2D eigenvalue weighted by Gasteiger charge is -2.24. The van der Waals surface area contributed by atoms with Gasteiger partial charge in [-0.05, 0) is 56.7 Å². The Bertz CT molecular complexity index is 1070. The molecular formula is C19H21N3O2S4. The Labute approximate surface area is 179 Å². The molecule has 0 radical (unpaired) electrons. The lowest BCUT2D eigenvalue weighted by atomic mass is 10.2. The minimum atomic E-state index is -0.209. The zero-order valence-electron chi connectivity index (χ0n) is 16.0. The molecule has 0 bridgehead atoms. The maximum Gasteiger partial charge on any atom is 0.267 e. The van der Waals surface area contributed by atoms with Gasteiger partial charge in [-0.2, -0.15) is 0 Å². The SMILES string of the molecule is Cc1ncc(C(=O)Nc2ccc3sc(C(=O)NCC(C)(C)S(C)=S)cc3c2)s1. The number of aryl methyl sites for hydroxylation is 1. The summed E-state index contributed by atoms with van der Waals surface area (Å²) in [5.74, 6) is -0.278. The van der Waals surface area contributed by atoms with Crippen LogP contribution in [0.1, 0.15) is 38.2 Å². The van der Waals surface area contributed by atoms with Crippen LogP contribution in [0.4, 0.5) is 5.69 Å². The molecule has 2 amide bonds. The number of rotatable bonds is 6. The number of thiophene rings is 1. The molecule has 1 atom stereocenters. The molecule has 0 saturated carbocycles. The molecule has 148 valence electrons. The van der Waals surface area contributed by atoms with Crippen molar-refractivity contribution in [2.45, 2.75) is 25.5 Å². The number of aromatic nitrogens is 1. The second-order valence-corrected chi connectivity index (χ2v) is 12.8. The minimum absolute atomic E-state index is 0.0968. The van der Waals surface area contributed by atoms with Gasteiger partial charge in [0.2, 0.25) is 0 Å².